The largest absolute Gasteiger partial charge is 0.461 e. The predicted octanol–water partition coefficient (Wildman–Crippen LogP) is 3.23. The van der Waals surface area contributed by atoms with Crippen LogP contribution in [0.2, 0.25) is 0 Å². The maximum absolute atomic E-state index is 12.6. The minimum Gasteiger partial charge on any atom is -0.461 e. The van der Waals surface area contributed by atoms with E-state index in [1.54, 1.807) is 6.26 Å². The number of benzene rings is 1. The molecule has 1 amide bonds. The number of aromatic nitrogens is 4. The van der Waals surface area contributed by atoms with Gasteiger partial charge in [-0.3, -0.25) is 4.79 Å². The lowest BCUT2D eigenvalue weighted by atomic mass is 10.1. The molecular weight excluding hydrogens is 380 g/mol. The summed E-state index contributed by atoms with van der Waals surface area (Å²) in [6.07, 6.45) is 1.63. The van der Waals surface area contributed by atoms with Gasteiger partial charge in [-0.2, -0.15) is 0 Å². The second-order valence-corrected chi connectivity index (χ2v) is 8.07. The van der Waals surface area contributed by atoms with Crippen LogP contribution in [0.15, 0.2) is 47.1 Å². The first kappa shape index (κ1) is 18.6. The normalized spacial score (nSPS) is 17.4. The summed E-state index contributed by atoms with van der Waals surface area (Å²) >= 11 is 0. The number of fused-ring (bicyclic) bond motifs is 3. The van der Waals surface area contributed by atoms with E-state index in [9.17, 15) is 4.79 Å². The van der Waals surface area contributed by atoms with Crippen LogP contribution < -0.4 is 4.90 Å². The van der Waals surface area contributed by atoms with Crippen LogP contribution in [0, 0.1) is 5.92 Å². The number of carbonyl (C=O) groups excluding carboxylic acids is 1. The van der Waals surface area contributed by atoms with Crippen molar-refractivity contribution in [3.8, 4) is 11.6 Å². The summed E-state index contributed by atoms with van der Waals surface area (Å²) < 4.78 is 7.58. The summed E-state index contributed by atoms with van der Waals surface area (Å²) in [5, 5.41) is 9.82. The second kappa shape index (κ2) is 7.12. The lowest BCUT2D eigenvalue weighted by Crippen LogP contribution is -2.55. The molecule has 1 aromatic carbocycles. The average Bonchev–Trinajstić information content (AvgIpc) is 3.42. The topological polar surface area (TPSA) is 79.8 Å². The third-order valence-corrected chi connectivity index (χ3v) is 5.66. The van der Waals surface area contributed by atoms with Crippen molar-refractivity contribution < 1.29 is 9.21 Å². The number of para-hydroxylation sites is 1. The van der Waals surface area contributed by atoms with E-state index in [1.807, 2.05) is 59.5 Å². The Morgan fingerprint density at radius 2 is 1.97 bits per heavy atom. The quantitative estimate of drug-likeness (QED) is 0.522. The van der Waals surface area contributed by atoms with Crippen molar-refractivity contribution in [2.75, 3.05) is 24.5 Å². The smallest absolute Gasteiger partial charge is 0.225 e. The zero-order valence-corrected chi connectivity index (χ0v) is 17.3. The lowest BCUT2D eigenvalue weighted by molar-refractivity contribution is -0.136. The molecule has 5 rings (SSSR count). The van der Waals surface area contributed by atoms with Gasteiger partial charge in [0.1, 0.15) is 0 Å². The Hall–Kier alpha value is -3.42. The van der Waals surface area contributed by atoms with Crippen molar-refractivity contribution in [3.05, 3.63) is 42.7 Å². The van der Waals surface area contributed by atoms with Gasteiger partial charge in [-0.1, -0.05) is 26.0 Å². The maximum atomic E-state index is 12.6. The lowest BCUT2D eigenvalue weighted by Gasteiger charge is -2.41. The van der Waals surface area contributed by atoms with Crippen LogP contribution >= 0.6 is 0 Å². The van der Waals surface area contributed by atoms with Gasteiger partial charge in [-0.15, -0.1) is 10.2 Å². The molecule has 1 aliphatic heterocycles. The monoisotopic (exact) mass is 404 g/mol. The Bertz CT molecular complexity index is 1210. The molecule has 0 aliphatic carbocycles. The second-order valence-electron chi connectivity index (χ2n) is 8.07. The minimum absolute atomic E-state index is 0.00657. The number of piperazine rings is 1. The van der Waals surface area contributed by atoms with Crippen LogP contribution in [0.25, 0.3) is 28.1 Å². The number of carbonyl (C=O) groups is 1. The highest BCUT2D eigenvalue weighted by atomic mass is 16.3. The summed E-state index contributed by atoms with van der Waals surface area (Å²) in [7, 11) is 0. The fraction of sp³-hybridized carbons (Fsp3) is 0.364. The van der Waals surface area contributed by atoms with Gasteiger partial charge in [0, 0.05) is 37.0 Å². The maximum Gasteiger partial charge on any atom is 0.225 e. The Balaban J connectivity index is 1.63. The molecule has 0 N–H and O–H groups in total. The summed E-state index contributed by atoms with van der Waals surface area (Å²) in [6.45, 7) is 8.02. The molecule has 8 nitrogen and oxygen atoms in total. The highest BCUT2D eigenvalue weighted by Crippen LogP contribution is 2.29. The molecule has 1 aliphatic rings. The third kappa shape index (κ3) is 2.91. The first-order valence-electron chi connectivity index (χ1n) is 10.3. The van der Waals surface area contributed by atoms with E-state index in [0.29, 0.717) is 31.2 Å². The zero-order chi connectivity index (χ0) is 20.8. The van der Waals surface area contributed by atoms with Crippen molar-refractivity contribution in [2.24, 2.45) is 5.92 Å². The van der Waals surface area contributed by atoms with Gasteiger partial charge in [-0.25, -0.2) is 9.38 Å². The van der Waals surface area contributed by atoms with Crippen molar-refractivity contribution in [1.29, 1.82) is 0 Å². The molecule has 4 heterocycles. The number of hydrogen-bond acceptors (Lipinski definition) is 6. The fourth-order valence-electron chi connectivity index (χ4n) is 4.14. The van der Waals surface area contributed by atoms with Crippen molar-refractivity contribution in [2.45, 2.75) is 26.8 Å². The Kier molecular flexibility index (Phi) is 4.42. The molecule has 0 unspecified atom stereocenters. The molecule has 8 heteroatoms. The summed E-state index contributed by atoms with van der Waals surface area (Å²) in [6, 6.07) is 11.7. The van der Waals surface area contributed by atoms with Crippen LogP contribution in [0.1, 0.15) is 20.8 Å². The summed E-state index contributed by atoms with van der Waals surface area (Å²) in [5.74, 6) is 2.22. The van der Waals surface area contributed by atoms with Crippen molar-refractivity contribution >= 4 is 28.4 Å². The molecule has 1 saturated heterocycles. The van der Waals surface area contributed by atoms with Crippen LogP contribution in [-0.2, 0) is 4.79 Å². The van der Waals surface area contributed by atoms with Gasteiger partial charge >= 0.3 is 0 Å². The van der Waals surface area contributed by atoms with Crippen LogP contribution in [-0.4, -0.2) is 56.1 Å². The average molecular weight is 404 g/mol. The number of hydrogen-bond donors (Lipinski definition) is 0. The molecule has 1 atom stereocenters. The zero-order valence-electron chi connectivity index (χ0n) is 17.3. The standard InChI is InChI=1S/C22H24N6O2/c1-14(2)21(29)27-11-10-26(13-15(27)3)22-23-17-8-5-4-7-16(17)19-24-25-20(28(19)22)18-9-6-12-30-18/h4-9,12,14-15H,10-11,13H2,1-3H3/t15-/m0/s1. The Morgan fingerprint density at radius 1 is 1.13 bits per heavy atom. The highest BCUT2D eigenvalue weighted by Gasteiger charge is 2.31. The molecule has 0 spiro atoms. The van der Waals surface area contributed by atoms with E-state index < -0.39 is 0 Å². The van der Waals surface area contributed by atoms with Crippen LogP contribution in [0.3, 0.4) is 0 Å². The summed E-state index contributed by atoms with van der Waals surface area (Å²) in [4.78, 5) is 21.7. The number of amides is 1. The molecule has 0 radical (unpaired) electrons. The van der Waals surface area contributed by atoms with Gasteiger partial charge in [0.05, 0.1) is 11.8 Å². The van der Waals surface area contributed by atoms with Crippen molar-refractivity contribution in [3.63, 3.8) is 0 Å². The predicted molar refractivity (Wildman–Crippen MR) is 114 cm³/mol. The van der Waals surface area contributed by atoms with Gasteiger partial charge in [0.15, 0.2) is 11.4 Å². The number of nitrogens with zero attached hydrogens (tertiary/aromatic N) is 6. The van der Waals surface area contributed by atoms with E-state index >= 15 is 0 Å². The summed E-state index contributed by atoms with van der Waals surface area (Å²) in [5.41, 5.74) is 1.61. The third-order valence-electron chi connectivity index (χ3n) is 5.66. The van der Waals surface area contributed by atoms with Gasteiger partial charge in [-0.05, 0) is 31.2 Å². The fourth-order valence-corrected chi connectivity index (χ4v) is 4.14. The number of rotatable bonds is 3. The van der Waals surface area contributed by atoms with Crippen molar-refractivity contribution in [1.82, 2.24) is 24.5 Å². The molecule has 30 heavy (non-hydrogen) atoms. The molecule has 1 fully saturated rings. The molecule has 4 aromatic rings. The van der Waals surface area contributed by atoms with E-state index in [4.69, 9.17) is 9.40 Å². The first-order chi connectivity index (χ1) is 14.5. The van der Waals surface area contributed by atoms with E-state index in [2.05, 4.69) is 22.0 Å². The van der Waals surface area contributed by atoms with Crippen LogP contribution in [0.5, 0.6) is 0 Å². The number of anilines is 1. The molecular formula is C22H24N6O2. The minimum atomic E-state index is -0.00657. The Labute approximate surface area is 174 Å². The Morgan fingerprint density at radius 3 is 2.70 bits per heavy atom. The first-order valence-corrected chi connectivity index (χ1v) is 10.3. The van der Waals surface area contributed by atoms with Gasteiger partial charge < -0.3 is 14.2 Å². The van der Waals surface area contributed by atoms with E-state index in [1.165, 1.54) is 0 Å². The molecule has 3 aromatic heterocycles. The molecule has 154 valence electrons. The van der Waals surface area contributed by atoms with Crippen LogP contribution in [0.4, 0.5) is 5.95 Å². The van der Waals surface area contributed by atoms with Gasteiger partial charge in [0.25, 0.3) is 0 Å². The molecule has 0 bridgehead atoms. The number of furan rings is 1. The van der Waals surface area contributed by atoms with E-state index in [-0.39, 0.29) is 17.9 Å². The highest BCUT2D eigenvalue weighted by molar-refractivity contribution is 5.93. The SMILES string of the molecule is CC(C)C(=O)N1CCN(c2nc3ccccc3c3nnc(-c4ccco4)n23)C[C@@H]1C. The molecule has 0 saturated carbocycles. The van der Waals surface area contributed by atoms with E-state index in [0.717, 1.165) is 22.5 Å². The van der Waals surface area contributed by atoms with Gasteiger partial charge in [0.2, 0.25) is 17.7 Å².